The zero-order chi connectivity index (χ0) is 14.0. The van der Waals surface area contributed by atoms with Crippen LogP contribution in [0.15, 0.2) is 18.2 Å². The molecule has 0 amide bonds. The molecule has 0 aromatic heterocycles. The maximum absolute atomic E-state index is 11.1. The Morgan fingerprint density at radius 3 is 2.95 bits per heavy atom. The average Bonchev–Trinajstić information content (AvgIpc) is 2.37. The minimum atomic E-state index is -0.816. The first kappa shape index (κ1) is 13.9. The van der Waals surface area contributed by atoms with Crippen molar-refractivity contribution in [2.45, 2.75) is 39.2 Å². The van der Waals surface area contributed by atoms with Gasteiger partial charge in [-0.3, -0.25) is 4.79 Å². The second-order valence-electron chi connectivity index (χ2n) is 5.82. The molecule has 19 heavy (non-hydrogen) atoms. The largest absolute Gasteiger partial charge is 0.493 e. The number of rotatable bonds is 4. The van der Waals surface area contributed by atoms with E-state index >= 15 is 0 Å². The van der Waals surface area contributed by atoms with Crippen molar-refractivity contribution in [1.82, 2.24) is 0 Å². The number of hydrogen-bond donors (Lipinski definition) is 2. The SMILES string of the molecule is CC(C)(CC(N)c1ccc2c(c1)CCCO2)C(=O)O. The lowest BCUT2D eigenvalue weighted by atomic mass is 9.83. The van der Waals surface area contributed by atoms with Crippen molar-refractivity contribution < 1.29 is 14.6 Å². The highest BCUT2D eigenvalue weighted by atomic mass is 16.5. The fourth-order valence-corrected chi connectivity index (χ4v) is 2.37. The van der Waals surface area contributed by atoms with Crippen LogP contribution >= 0.6 is 0 Å². The fourth-order valence-electron chi connectivity index (χ4n) is 2.37. The van der Waals surface area contributed by atoms with Crippen molar-refractivity contribution in [2.24, 2.45) is 11.1 Å². The molecule has 1 aromatic rings. The monoisotopic (exact) mass is 263 g/mol. The summed E-state index contributed by atoms with van der Waals surface area (Å²) in [5.41, 5.74) is 7.49. The summed E-state index contributed by atoms with van der Waals surface area (Å²) < 4.78 is 5.56. The van der Waals surface area contributed by atoms with Crippen molar-refractivity contribution >= 4 is 5.97 Å². The van der Waals surface area contributed by atoms with Crippen molar-refractivity contribution in [3.63, 3.8) is 0 Å². The van der Waals surface area contributed by atoms with Crippen LogP contribution in [0.4, 0.5) is 0 Å². The molecule has 3 N–H and O–H groups in total. The Kier molecular flexibility index (Phi) is 3.80. The Morgan fingerprint density at radius 2 is 2.26 bits per heavy atom. The predicted octanol–water partition coefficient (Wildman–Crippen LogP) is 2.51. The Bertz CT molecular complexity index is 482. The number of carboxylic acid groups (broad SMARTS) is 1. The molecule has 1 aliphatic heterocycles. The summed E-state index contributed by atoms with van der Waals surface area (Å²) in [6.07, 6.45) is 2.44. The van der Waals surface area contributed by atoms with Crippen molar-refractivity contribution in [1.29, 1.82) is 0 Å². The Labute approximate surface area is 113 Å². The summed E-state index contributed by atoms with van der Waals surface area (Å²) in [5, 5.41) is 9.15. The molecule has 104 valence electrons. The first-order valence-electron chi connectivity index (χ1n) is 6.65. The molecular formula is C15H21NO3. The molecule has 2 rings (SSSR count). The average molecular weight is 263 g/mol. The third kappa shape index (κ3) is 3.07. The lowest BCUT2D eigenvalue weighted by Crippen LogP contribution is -2.29. The minimum Gasteiger partial charge on any atom is -0.493 e. The van der Waals surface area contributed by atoms with Gasteiger partial charge in [0.1, 0.15) is 5.75 Å². The number of carboxylic acids is 1. The Hall–Kier alpha value is -1.55. The molecule has 0 aliphatic carbocycles. The van der Waals surface area contributed by atoms with Gasteiger partial charge < -0.3 is 15.6 Å². The van der Waals surface area contributed by atoms with Gasteiger partial charge in [0.15, 0.2) is 0 Å². The van der Waals surface area contributed by atoms with Crippen molar-refractivity contribution in [2.75, 3.05) is 6.61 Å². The van der Waals surface area contributed by atoms with E-state index in [9.17, 15) is 4.79 Å². The van der Waals surface area contributed by atoms with Crippen LogP contribution in [-0.4, -0.2) is 17.7 Å². The summed E-state index contributed by atoms with van der Waals surface area (Å²) in [4.78, 5) is 11.1. The van der Waals surface area contributed by atoms with Gasteiger partial charge in [-0.2, -0.15) is 0 Å². The van der Waals surface area contributed by atoms with Crippen molar-refractivity contribution in [3.8, 4) is 5.75 Å². The number of aliphatic carboxylic acids is 1. The molecule has 1 unspecified atom stereocenters. The van der Waals surface area contributed by atoms with E-state index < -0.39 is 11.4 Å². The van der Waals surface area contributed by atoms with E-state index in [1.165, 1.54) is 5.56 Å². The molecular weight excluding hydrogens is 242 g/mol. The summed E-state index contributed by atoms with van der Waals surface area (Å²) in [7, 11) is 0. The van der Waals surface area contributed by atoms with Gasteiger partial charge in [0.25, 0.3) is 0 Å². The molecule has 0 spiro atoms. The van der Waals surface area contributed by atoms with Gasteiger partial charge in [-0.1, -0.05) is 12.1 Å². The summed E-state index contributed by atoms with van der Waals surface area (Å²) in [6, 6.07) is 5.67. The van der Waals surface area contributed by atoms with E-state index in [1.807, 2.05) is 12.1 Å². The van der Waals surface area contributed by atoms with Crippen LogP contribution in [0.25, 0.3) is 0 Å². The highest BCUT2D eigenvalue weighted by molar-refractivity contribution is 5.73. The fraction of sp³-hybridized carbons (Fsp3) is 0.533. The van der Waals surface area contributed by atoms with E-state index in [2.05, 4.69) is 6.07 Å². The van der Waals surface area contributed by atoms with Crippen LogP contribution < -0.4 is 10.5 Å². The predicted molar refractivity (Wildman–Crippen MR) is 73.2 cm³/mol. The summed E-state index contributed by atoms with van der Waals surface area (Å²) in [5.74, 6) is 0.115. The molecule has 1 atom stereocenters. The van der Waals surface area contributed by atoms with Crippen LogP contribution in [0.2, 0.25) is 0 Å². The van der Waals surface area contributed by atoms with Crippen LogP contribution in [0.1, 0.15) is 43.9 Å². The highest BCUT2D eigenvalue weighted by Gasteiger charge is 2.30. The van der Waals surface area contributed by atoms with Crippen LogP contribution in [0.3, 0.4) is 0 Å². The molecule has 0 saturated carbocycles. The van der Waals surface area contributed by atoms with Gasteiger partial charge >= 0.3 is 5.97 Å². The molecule has 4 nitrogen and oxygen atoms in total. The maximum atomic E-state index is 11.1. The van der Waals surface area contributed by atoms with E-state index in [0.29, 0.717) is 6.42 Å². The maximum Gasteiger partial charge on any atom is 0.309 e. The highest BCUT2D eigenvalue weighted by Crippen LogP contribution is 2.32. The number of aryl methyl sites for hydroxylation is 1. The minimum absolute atomic E-state index is 0.265. The number of fused-ring (bicyclic) bond motifs is 1. The first-order valence-corrected chi connectivity index (χ1v) is 6.65. The first-order chi connectivity index (χ1) is 8.90. The molecule has 0 saturated heterocycles. The number of ether oxygens (including phenoxy) is 1. The number of benzene rings is 1. The third-order valence-electron chi connectivity index (χ3n) is 3.67. The molecule has 0 radical (unpaired) electrons. The van der Waals surface area contributed by atoms with E-state index in [0.717, 1.165) is 30.8 Å². The zero-order valence-electron chi connectivity index (χ0n) is 11.5. The van der Waals surface area contributed by atoms with Gasteiger partial charge in [0.2, 0.25) is 0 Å². The zero-order valence-corrected chi connectivity index (χ0v) is 11.5. The van der Waals surface area contributed by atoms with Crippen LogP contribution in [0.5, 0.6) is 5.75 Å². The van der Waals surface area contributed by atoms with Crippen LogP contribution in [0, 0.1) is 5.41 Å². The van der Waals surface area contributed by atoms with Gasteiger partial charge in [-0.15, -0.1) is 0 Å². The number of nitrogens with two attached hydrogens (primary N) is 1. The second kappa shape index (κ2) is 5.21. The third-order valence-corrected chi connectivity index (χ3v) is 3.67. The van der Waals surface area contributed by atoms with E-state index in [1.54, 1.807) is 13.8 Å². The van der Waals surface area contributed by atoms with E-state index in [4.69, 9.17) is 15.6 Å². The quantitative estimate of drug-likeness (QED) is 0.875. The molecule has 0 bridgehead atoms. The number of hydrogen-bond acceptors (Lipinski definition) is 3. The topological polar surface area (TPSA) is 72.5 Å². The van der Waals surface area contributed by atoms with Crippen LogP contribution in [-0.2, 0) is 11.2 Å². The molecule has 1 heterocycles. The Balaban J connectivity index is 2.15. The second-order valence-corrected chi connectivity index (χ2v) is 5.82. The normalized spacial score (nSPS) is 16.4. The molecule has 1 aliphatic rings. The van der Waals surface area contributed by atoms with E-state index in [-0.39, 0.29) is 6.04 Å². The summed E-state index contributed by atoms with van der Waals surface area (Å²) in [6.45, 7) is 4.18. The molecule has 0 fully saturated rings. The van der Waals surface area contributed by atoms with Crippen molar-refractivity contribution in [3.05, 3.63) is 29.3 Å². The Morgan fingerprint density at radius 1 is 1.53 bits per heavy atom. The van der Waals surface area contributed by atoms with Gasteiger partial charge in [0, 0.05) is 6.04 Å². The van der Waals surface area contributed by atoms with Gasteiger partial charge in [-0.25, -0.2) is 0 Å². The summed E-state index contributed by atoms with van der Waals surface area (Å²) >= 11 is 0. The molecule has 4 heteroatoms. The van der Waals surface area contributed by atoms with Gasteiger partial charge in [-0.05, 0) is 50.3 Å². The smallest absolute Gasteiger partial charge is 0.309 e. The van der Waals surface area contributed by atoms with Gasteiger partial charge in [0.05, 0.1) is 12.0 Å². The lowest BCUT2D eigenvalue weighted by molar-refractivity contribution is -0.147. The number of carbonyl (C=O) groups is 1. The molecule has 1 aromatic carbocycles. The standard InChI is InChI=1S/C15H21NO3/c1-15(2,14(17)18)9-12(16)10-5-6-13-11(8-10)4-3-7-19-13/h5-6,8,12H,3-4,7,9,16H2,1-2H3,(H,17,18). The lowest BCUT2D eigenvalue weighted by Gasteiger charge is -2.25.